The van der Waals surface area contributed by atoms with Crippen molar-refractivity contribution in [2.75, 3.05) is 12.3 Å². The Morgan fingerprint density at radius 1 is 1.50 bits per heavy atom. The molecule has 0 aliphatic carbocycles. The summed E-state index contributed by atoms with van der Waals surface area (Å²) >= 11 is 2.00. The molecule has 1 atom stereocenters. The van der Waals surface area contributed by atoms with Crippen molar-refractivity contribution < 1.29 is 4.39 Å². The third-order valence-electron chi connectivity index (χ3n) is 3.22. The highest BCUT2D eigenvalue weighted by Crippen LogP contribution is 2.36. The van der Waals surface area contributed by atoms with Gasteiger partial charge in [0.05, 0.1) is 11.6 Å². The summed E-state index contributed by atoms with van der Waals surface area (Å²) in [5.41, 5.74) is 1.21. The van der Waals surface area contributed by atoms with Crippen LogP contribution in [-0.4, -0.2) is 17.0 Å². The Labute approximate surface area is 112 Å². The smallest absolute Gasteiger partial charge is 0.124 e. The first kappa shape index (κ1) is 13.4. The average Bonchev–Trinajstić information content (AvgIpc) is 2.75. The predicted molar refractivity (Wildman–Crippen MR) is 72.9 cm³/mol. The Bertz CT molecular complexity index is 461. The van der Waals surface area contributed by atoms with E-state index < -0.39 is 0 Å². The van der Waals surface area contributed by atoms with Crippen LogP contribution in [0.15, 0.2) is 18.2 Å². The summed E-state index contributed by atoms with van der Waals surface area (Å²) in [6, 6.07) is 6.46. The highest BCUT2D eigenvalue weighted by atomic mass is 32.2. The van der Waals surface area contributed by atoms with Crippen LogP contribution in [0, 0.1) is 17.1 Å². The molecule has 0 spiro atoms. The van der Waals surface area contributed by atoms with Crippen LogP contribution in [0.5, 0.6) is 0 Å². The monoisotopic (exact) mass is 264 g/mol. The standard InChI is InChI=1S/C14H17FN2S/c1-14(3-2-4-18-14)10-17-9-12-5-11(8-16)6-13(15)7-12/h5-7,17H,2-4,9-10H2,1H3. The Kier molecular flexibility index (Phi) is 4.26. The van der Waals surface area contributed by atoms with E-state index in [4.69, 9.17) is 5.26 Å². The second kappa shape index (κ2) is 5.73. The van der Waals surface area contributed by atoms with Crippen molar-refractivity contribution >= 4 is 11.8 Å². The number of nitrogens with zero attached hydrogens (tertiary/aromatic N) is 1. The molecule has 0 amide bonds. The summed E-state index contributed by atoms with van der Waals surface area (Å²) in [5.74, 6) is 0.892. The number of rotatable bonds is 4. The van der Waals surface area contributed by atoms with Gasteiger partial charge in [-0.1, -0.05) is 0 Å². The van der Waals surface area contributed by atoms with Crippen molar-refractivity contribution in [3.05, 3.63) is 35.1 Å². The predicted octanol–water partition coefficient (Wildman–Crippen LogP) is 3.07. The number of halogens is 1. The van der Waals surface area contributed by atoms with Crippen LogP contribution in [-0.2, 0) is 6.54 Å². The van der Waals surface area contributed by atoms with Gasteiger partial charge < -0.3 is 5.32 Å². The lowest BCUT2D eigenvalue weighted by atomic mass is 10.1. The van der Waals surface area contributed by atoms with Crippen molar-refractivity contribution in [2.24, 2.45) is 0 Å². The molecule has 0 radical (unpaired) electrons. The fourth-order valence-electron chi connectivity index (χ4n) is 2.26. The number of nitrogens with one attached hydrogen (secondary N) is 1. The largest absolute Gasteiger partial charge is 0.311 e. The third-order valence-corrected chi connectivity index (χ3v) is 4.75. The van der Waals surface area contributed by atoms with Crippen LogP contribution < -0.4 is 5.32 Å². The first-order chi connectivity index (χ1) is 8.61. The Hall–Kier alpha value is -1.05. The molecule has 1 fully saturated rings. The molecule has 1 N–H and O–H groups in total. The van der Waals surface area contributed by atoms with Crippen molar-refractivity contribution in [3.8, 4) is 6.07 Å². The molecule has 1 aliphatic rings. The van der Waals surface area contributed by atoms with E-state index in [1.165, 1.54) is 30.7 Å². The molecule has 1 unspecified atom stereocenters. The fourth-order valence-corrected chi connectivity index (χ4v) is 3.54. The third kappa shape index (κ3) is 3.47. The second-order valence-corrected chi connectivity index (χ2v) is 6.65. The van der Waals surface area contributed by atoms with E-state index in [1.54, 1.807) is 6.07 Å². The number of hydrogen-bond acceptors (Lipinski definition) is 3. The van der Waals surface area contributed by atoms with Crippen LogP contribution in [0.25, 0.3) is 0 Å². The first-order valence-corrected chi connectivity index (χ1v) is 7.14. The van der Waals surface area contributed by atoms with Gasteiger partial charge in [-0.25, -0.2) is 4.39 Å². The molecule has 0 bridgehead atoms. The second-order valence-electron chi connectivity index (χ2n) is 4.97. The number of nitriles is 1. The van der Waals surface area contributed by atoms with Gasteiger partial charge in [-0.15, -0.1) is 0 Å². The minimum absolute atomic E-state index is 0.311. The minimum atomic E-state index is -0.340. The summed E-state index contributed by atoms with van der Waals surface area (Å²) in [6.45, 7) is 3.81. The molecule has 1 aliphatic heterocycles. The van der Waals surface area contributed by atoms with Crippen LogP contribution in [0.3, 0.4) is 0 Å². The van der Waals surface area contributed by atoms with Gasteiger partial charge in [0.1, 0.15) is 5.82 Å². The van der Waals surface area contributed by atoms with E-state index in [0.29, 0.717) is 16.9 Å². The maximum atomic E-state index is 13.2. The zero-order valence-corrected chi connectivity index (χ0v) is 11.3. The summed E-state index contributed by atoms with van der Waals surface area (Å²) in [7, 11) is 0. The Balaban J connectivity index is 1.90. The van der Waals surface area contributed by atoms with E-state index in [2.05, 4.69) is 12.2 Å². The molecule has 18 heavy (non-hydrogen) atoms. The highest BCUT2D eigenvalue weighted by Gasteiger charge is 2.28. The van der Waals surface area contributed by atoms with Crippen molar-refractivity contribution in [1.29, 1.82) is 5.26 Å². The van der Waals surface area contributed by atoms with Gasteiger partial charge in [-0.2, -0.15) is 17.0 Å². The normalized spacial score (nSPS) is 22.9. The average molecular weight is 264 g/mol. The molecule has 4 heteroatoms. The van der Waals surface area contributed by atoms with Gasteiger partial charge in [0.2, 0.25) is 0 Å². The number of thioether (sulfide) groups is 1. The van der Waals surface area contributed by atoms with Crippen LogP contribution in [0.4, 0.5) is 4.39 Å². The highest BCUT2D eigenvalue weighted by molar-refractivity contribution is 8.00. The van der Waals surface area contributed by atoms with E-state index in [1.807, 2.05) is 17.8 Å². The molecule has 96 valence electrons. The number of benzene rings is 1. The van der Waals surface area contributed by atoms with Gasteiger partial charge >= 0.3 is 0 Å². The van der Waals surface area contributed by atoms with Gasteiger partial charge in [0.25, 0.3) is 0 Å². The topological polar surface area (TPSA) is 35.8 Å². The summed E-state index contributed by atoms with van der Waals surface area (Å²) in [5, 5.41) is 12.2. The SMILES string of the molecule is CC1(CNCc2cc(F)cc(C#N)c2)CCCS1. The minimum Gasteiger partial charge on any atom is -0.311 e. The molecule has 1 aromatic rings. The van der Waals surface area contributed by atoms with Crippen LogP contribution in [0.1, 0.15) is 30.9 Å². The zero-order chi connectivity index (χ0) is 13.0. The lowest BCUT2D eigenvalue weighted by molar-refractivity contribution is 0.535. The molecule has 0 saturated carbocycles. The molecular weight excluding hydrogens is 247 g/mol. The Morgan fingerprint density at radius 3 is 3.00 bits per heavy atom. The van der Waals surface area contributed by atoms with Crippen LogP contribution in [0.2, 0.25) is 0 Å². The van der Waals surface area contributed by atoms with E-state index in [9.17, 15) is 4.39 Å². The van der Waals surface area contributed by atoms with Crippen LogP contribution >= 0.6 is 11.8 Å². The van der Waals surface area contributed by atoms with E-state index >= 15 is 0 Å². The number of hydrogen-bond donors (Lipinski definition) is 1. The first-order valence-electron chi connectivity index (χ1n) is 6.16. The van der Waals surface area contributed by atoms with Gasteiger partial charge in [-0.3, -0.25) is 0 Å². The molecule has 2 nitrogen and oxygen atoms in total. The molecule has 2 rings (SSSR count). The summed E-state index contributed by atoms with van der Waals surface area (Å²) in [6.07, 6.45) is 2.51. The molecule has 1 saturated heterocycles. The van der Waals surface area contributed by atoms with E-state index in [-0.39, 0.29) is 5.82 Å². The lowest BCUT2D eigenvalue weighted by Gasteiger charge is -2.23. The van der Waals surface area contributed by atoms with Gasteiger partial charge in [0.15, 0.2) is 0 Å². The van der Waals surface area contributed by atoms with Crippen molar-refractivity contribution in [1.82, 2.24) is 5.32 Å². The molecular formula is C14H17FN2S. The fraction of sp³-hybridized carbons (Fsp3) is 0.500. The van der Waals surface area contributed by atoms with E-state index in [0.717, 1.165) is 12.1 Å². The van der Waals surface area contributed by atoms with Crippen molar-refractivity contribution in [3.63, 3.8) is 0 Å². The van der Waals surface area contributed by atoms with Crippen molar-refractivity contribution in [2.45, 2.75) is 31.1 Å². The molecule has 1 aromatic carbocycles. The molecule has 0 aromatic heterocycles. The Morgan fingerprint density at radius 2 is 2.33 bits per heavy atom. The molecule has 1 heterocycles. The van der Waals surface area contributed by atoms with Gasteiger partial charge in [-0.05, 0) is 49.3 Å². The summed E-state index contributed by atoms with van der Waals surface area (Å²) in [4.78, 5) is 0. The zero-order valence-electron chi connectivity index (χ0n) is 10.5. The maximum absolute atomic E-state index is 13.2. The van der Waals surface area contributed by atoms with Gasteiger partial charge in [0, 0.05) is 17.8 Å². The lowest BCUT2D eigenvalue weighted by Crippen LogP contribution is -2.32. The maximum Gasteiger partial charge on any atom is 0.124 e. The summed E-state index contributed by atoms with van der Waals surface area (Å²) < 4.78 is 13.5. The quantitative estimate of drug-likeness (QED) is 0.908.